The molecule has 0 spiro atoms. The van der Waals surface area contributed by atoms with Crippen LogP contribution in [0.5, 0.6) is 0 Å². The van der Waals surface area contributed by atoms with Crippen LogP contribution in [0.15, 0.2) is 0 Å². The van der Waals surface area contributed by atoms with E-state index >= 15 is 0 Å². The van der Waals surface area contributed by atoms with Crippen LogP contribution in [0.1, 0.15) is 73.1 Å². The summed E-state index contributed by atoms with van der Waals surface area (Å²) < 4.78 is 5.17. The fraction of sp³-hybridized carbons (Fsp3) is 0.889. The Balaban J connectivity index is 2.22. The van der Waals surface area contributed by atoms with Gasteiger partial charge in [0.2, 0.25) is 0 Å². The molecule has 3 atom stereocenters. The molecule has 0 radical (unpaired) electrons. The molecule has 3 heteroatoms. The van der Waals surface area contributed by atoms with Gasteiger partial charge >= 0.3 is 5.97 Å². The highest BCUT2D eigenvalue weighted by molar-refractivity contribution is 5.65. The van der Waals surface area contributed by atoms with Crippen molar-refractivity contribution in [1.82, 2.24) is 0 Å². The molecule has 0 bridgehead atoms. The molecule has 0 aromatic heterocycles. The van der Waals surface area contributed by atoms with E-state index in [1.165, 1.54) is 25.7 Å². The monoisotopic (exact) mass is 295 g/mol. The Bertz CT molecular complexity index is 399. The van der Waals surface area contributed by atoms with Crippen molar-refractivity contribution in [2.75, 3.05) is 6.61 Å². The topological polar surface area (TPSA) is 46.5 Å². The Morgan fingerprint density at radius 2 is 1.95 bits per heavy atom. The summed E-state index contributed by atoms with van der Waals surface area (Å²) in [4.78, 5) is 11.0. The predicted molar refractivity (Wildman–Crippen MR) is 83.6 cm³/mol. The second-order valence-electron chi connectivity index (χ2n) is 8.15. The van der Waals surface area contributed by atoms with Gasteiger partial charge in [-0.25, -0.2) is 0 Å². The largest absolute Gasteiger partial charge is 0.466 e. The molecule has 0 aromatic carbocycles. The number of fused-ring (bicyclic) bond motifs is 1. The minimum Gasteiger partial charge on any atom is -0.466 e. The Labute approximate surface area is 129 Å². The minimum absolute atomic E-state index is 0.237. The summed E-state index contributed by atoms with van der Waals surface area (Å²) in [5.41, 5.74) is -0.623. The molecule has 120 valence electrons. The normalized spacial score (nSPS) is 38.8. The second kappa shape index (κ2) is 5.49. The van der Waals surface area contributed by atoms with Gasteiger partial charge in [-0.2, -0.15) is 0 Å². The van der Waals surface area contributed by atoms with Gasteiger partial charge in [-0.1, -0.05) is 13.8 Å². The first kappa shape index (κ1) is 16.7. The lowest BCUT2D eigenvalue weighted by molar-refractivity contribution is -0.147. The molecule has 2 aliphatic carbocycles. The molecule has 21 heavy (non-hydrogen) atoms. The van der Waals surface area contributed by atoms with Crippen LogP contribution in [-0.4, -0.2) is 23.3 Å². The molecular formula is C18H31O3+. The number of aliphatic hydroxyl groups is 1. The summed E-state index contributed by atoms with van der Waals surface area (Å²) in [5.74, 6) is 1.87. The first-order chi connectivity index (χ1) is 9.60. The summed E-state index contributed by atoms with van der Waals surface area (Å²) in [5, 5.41) is 11.0. The van der Waals surface area contributed by atoms with Gasteiger partial charge in [0.05, 0.1) is 13.0 Å². The molecule has 0 unspecified atom stereocenters. The summed E-state index contributed by atoms with van der Waals surface area (Å²) in [6.07, 6.45) is 6.23. The Morgan fingerprint density at radius 3 is 2.57 bits per heavy atom. The van der Waals surface area contributed by atoms with Gasteiger partial charge in [-0.3, -0.25) is 4.79 Å². The van der Waals surface area contributed by atoms with Crippen molar-refractivity contribution >= 4 is 5.97 Å². The summed E-state index contributed by atoms with van der Waals surface area (Å²) in [6.45, 7) is 10.7. The molecule has 3 nitrogen and oxygen atoms in total. The van der Waals surface area contributed by atoms with E-state index in [0.717, 1.165) is 25.7 Å². The number of hydrogen-bond acceptors (Lipinski definition) is 3. The van der Waals surface area contributed by atoms with Crippen molar-refractivity contribution in [2.24, 2.45) is 16.7 Å². The fourth-order valence-corrected chi connectivity index (χ4v) is 4.66. The molecule has 0 saturated heterocycles. The Morgan fingerprint density at radius 1 is 1.29 bits per heavy atom. The second-order valence-corrected chi connectivity index (χ2v) is 8.15. The van der Waals surface area contributed by atoms with Crippen LogP contribution < -0.4 is 0 Å². The van der Waals surface area contributed by atoms with Crippen molar-refractivity contribution in [3.8, 4) is 0 Å². The third-order valence-electron chi connectivity index (χ3n) is 6.36. The van der Waals surface area contributed by atoms with E-state index in [1.807, 2.05) is 6.92 Å². The highest BCUT2D eigenvalue weighted by atomic mass is 16.5. The van der Waals surface area contributed by atoms with Crippen LogP contribution in [-0.2, 0) is 9.53 Å². The number of esters is 1. The zero-order valence-electron chi connectivity index (χ0n) is 14.3. The van der Waals surface area contributed by atoms with Gasteiger partial charge in [-0.15, -0.1) is 0 Å². The Hall–Kier alpha value is -0.700. The smallest absolute Gasteiger partial charge is 0.302 e. The third kappa shape index (κ3) is 2.94. The van der Waals surface area contributed by atoms with Gasteiger partial charge < -0.3 is 9.84 Å². The SMILES string of the molecule is CC(=O)OCC[C@@]1(C)[C+]2CCCC(C)(C)[C@@H]2CC[C@@]1(C)O. The van der Waals surface area contributed by atoms with Gasteiger partial charge in [0.25, 0.3) is 0 Å². The first-order valence-electron chi connectivity index (χ1n) is 8.32. The maximum Gasteiger partial charge on any atom is 0.302 e. The summed E-state index contributed by atoms with van der Waals surface area (Å²) >= 11 is 0. The lowest BCUT2D eigenvalue weighted by Crippen LogP contribution is -2.57. The molecule has 2 fully saturated rings. The molecular weight excluding hydrogens is 264 g/mol. The van der Waals surface area contributed by atoms with E-state index in [0.29, 0.717) is 17.9 Å². The van der Waals surface area contributed by atoms with Crippen LogP contribution in [0, 0.1) is 22.7 Å². The van der Waals surface area contributed by atoms with Crippen molar-refractivity contribution in [3.05, 3.63) is 5.92 Å². The average molecular weight is 295 g/mol. The van der Waals surface area contributed by atoms with Crippen molar-refractivity contribution in [3.63, 3.8) is 0 Å². The van der Waals surface area contributed by atoms with E-state index in [2.05, 4.69) is 20.8 Å². The molecule has 0 amide bonds. The average Bonchev–Trinajstić information content (AvgIpc) is 2.33. The van der Waals surface area contributed by atoms with Crippen molar-refractivity contribution < 1.29 is 14.6 Å². The lowest BCUT2D eigenvalue weighted by atomic mass is 9.46. The third-order valence-corrected chi connectivity index (χ3v) is 6.36. The van der Waals surface area contributed by atoms with Gasteiger partial charge in [0.1, 0.15) is 22.9 Å². The lowest BCUT2D eigenvalue weighted by Gasteiger charge is -2.52. The maximum absolute atomic E-state index is 11.0. The Kier molecular flexibility index (Phi) is 4.36. The molecule has 0 aromatic rings. The van der Waals surface area contributed by atoms with Gasteiger partial charge in [-0.05, 0) is 39.5 Å². The van der Waals surface area contributed by atoms with Crippen LogP contribution in [0.2, 0.25) is 0 Å². The summed E-state index contributed by atoms with van der Waals surface area (Å²) in [6, 6.07) is 0. The van der Waals surface area contributed by atoms with E-state index in [-0.39, 0.29) is 11.4 Å². The van der Waals surface area contributed by atoms with E-state index < -0.39 is 5.60 Å². The molecule has 1 N–H and O–H groups in total. The fourth-order valence-electron chi connectivity index (χ4n) is 4.66. The first-order valence-corrected chi connectivity index (χ1v) is 8.32. The van der Waals surface area contributed by atoms with Gasteiger partial charge in [0.15, 0.2) is 0 Å². The van der Waals surface area contributed by atoms with Crippen LogP contribution in [0.4, 0.5) is 0 Å². The number of carbonyl (C=O) groups excluding carboxylic acids is 1. The minimum atomic E-state index is -0.702. The van der Waals surface area contributed by atoms with E-state index in [4.69, 9.17) is 4.74 Å². The number of hydrogen-bond donors (Lipinski definition) is 1. The molecule has 2 saturated carbocycles. The highest BCUT2D eigenvalue weighted by Gasteiger charge is 2.66. The van der Waals surface area contributed by atoms with E-state index in [9.17, 15) is 9.90 Å². The van der Waals surface area contributed by atoms with Gasteiger partial charge in [0, 0.05) is 18.8 Å². The molecule has 0 aliphatic heterocycles. The quantitative estimate of drug-likeness (QED) is 0.634. The van der Waals surface area contributed by atoms with Crippen LogP contribution in [0.3, 0.4) is 0 Å². The van der Waals surface area contributed by atoms with Crippen molar-refractivity contribution in [2.45, 2.75) is 78.7 Å². The van der Waals surface area contributed by atoms with Crippen molar-refractivity contribution in [1.29, 1.82) is 0 Å². The highest BCUT2D eigenvalue weighted by Crippen LogP contribution is 2.62. The predicted octanol–water partition coefficient (Wildman–Crippen LogP) is 3.89. The number of rotatable bonds is 3. The van der Waals surface area contributed by atoms with Crippen LogP contribution >= 0.6 is 0 Å². The van der Waals surface area contributed by atoms with E-state index in [1.54, 1.807) is 0 Å². The van der Waals surface area contributed by atoms with Crippen LogP contribution in [0.25, 0.3) is 0 Å². The number of ether oxygens (including phenoxy) is 1. The number of carbonyl (C=O) groups is 1. The molecule has 0 heterocycles. The maximum atomic E-state index is 11.0. The summed E-state index contributed by atoms with van der Waals surface area (Å²) in [7, 11) is 0. The molecule has 2 rings (SSSR count). The standard InChI is InChI=1S/C18H31O3/c1-13(19)21-12-11-17(4)15-7-6-9-16(2,3)14(15)8-10-18(17,5)20/h14,20H,6-12H2,1-5H3/q+1/t14-,17+,18-/m1/s1. The zero-order chi connectivity index (χ0) is 15.9. The zero-order valence-corrected chi connectivity index (χ0v) is 14.3. The molecule has 2 aliphatic rings.